The molecule has 4 heteroatoms. The van der Waals surface area contributed by atoms with Gasteiger partial charge in [-0.1, -0.05) is 13.8 Å². The lowest BCUT2D eigenvalue weighted by atomic mass is 9.89. The largest absolute Gasteiger partial charge is 0.399 e. The third-order valence-electron chi connectivity index (χ3n) is 3.99. The zero-order valence-electron chi connectivity index (χ0n) is 11.8. The van der Waals surface area contributed by atoms with Crippen molar-refractivity contribution in [3.05, 3.63) is 24.0 Å². The van der Waals surface area contributed by atoms with Crippen LogP contribution in [0.15, 0.2) is 18.3 Å². The molecule has 0 radical (unpaired) electrons. The predicted molar refractivity (Wildman–Crippen MR) is 76.2 cm³/mol. The topological polar surface area (TPSA) is 59.2 Å². The number of hydrogen-bond acceptors (Lipinski definition) is 3. The zero-order chi connectivity index (χ0) is 13.8. The standard InChI is InChI=1S/C15H23N3O/c1-11(2)12-3-4-15(19)18(8-6-12)10-14-9-13(16)5-7-17-14/h5,7,9,11-12H,3-4,6,8,10H2,1-2H3,(H2,16,17). The molecule has 1 amide bonds. The summed E-state index contributed by atoms with van der Waals surface area (Å²) in [4.78, 5) is 18.3. The van der Waals surface area contributed by atoms with E-state index in [-0.39, 0.29) is 5.91 Å². The molecule has 0 aromatic carbocycles. The molecule has 0 saturated carbocycles. The van der Waals surface area contributed by atoms with Gasteiger partial charge in [-0.05, 0) is 36.8 Å². The van der Waals surface area contributed by atoms with Crippen LogP contribution in [0.2, 0.25) is 0 Å². The van der Waals surface area contributed by atoms with Crippen molar-refractivity contribution < 1.29 is 4.79 Å². The van der Waals surface area contributed by atoms with Gasteiger partial charge >= 0.3 is 0 Å². The minimum absolute atomic E-state index is 0.243. The molecule has 1 saturated heterocycles. The second-order valence-corrected chi connectivity index (χ2v) is 5.73. The molecule has 1 unspecified atom stereocenters. The van der Waals surface area contributed by atoms with Gasteiger partial charge in [0.15, 0.2) is 0 Å². The normalized spacial score (nSPS) is 20.7. The molecule has 0 aliphatic carbocycles. The van der Waals surface area contributed by atoms with Gasteiger partial charge in [-0.2, -0.15) is 0 Å². The molecular weight excluding hydrogens is 238 g/mol. The number of carbonyl (C=O) groups excluding carboxylic acids is 1. The Morgan fingerprint density at radius 2 is 2.26 bits per heavy atom. The van der Waals surface area contributed by atoms with Crippen LogP contribution in [0.1, 0.15) is 38.8 Å². The molecule has 104 valence electrons. The van der Waals surface area contributed by atoms with Crippen molar-refractivity contribution >= 4 is 11.6 Å². The Balaban J connectivity index is 2.02. The Kier molecular flexibility index (Phi) is 4.40. The minimum Gasteiger partial charge on any atom is -0.399 e. The molecule has 1 aromatic rings. The summed E-state index contributed by atoms with van der Waals surface area (Å²) in [6.07, 6.45) is 4.46. The average Bonchev–Trinajstić information content (AvgIpc) is 2.53. The molecule has 0 spiro atoms. The summed E-state index contributed by atoms with van der Waals surface area (Å²) in [6, 6.07) is 3.61. The summed E-state index contributed by atoms with van der Waals surface area (Å²) >= 11 is 0. The molecule has 1 aliphatic rings. The van der Waals surface area contributed by atoms with Crippen molar-refractivity contribution in [3.8, 4) is 0 Å². The Morgan fingerprint density at radius 1 is 1.47 bits per heavy atom. The van der Waals surface area contributed by atoms with Gasteiger partial charge in [-0.3, -0.25) is 9.78 Å². The van der Waals surface area contributed by atoms with E-state index in [0.29, 0.717) is 30.5 Å². The van der Waals surface area contributed by atoms with E-state index in [1.807, 2.05) is 11.0 Å². The Hall–Kier alpha value is -1.58. The Labute approximate surface area is 115 Å². The smallest absolute Gasteiger partial charge is 0.222 e. The second-order valence-electron chi connectivity index (χ2n) is 5.73. The van der Waals surface area contributed by atoms with E-state index in [1.165, 1.54) is 0 Å². The highest BCUT2D eigenvalue weighted by Gasteiger charge is 2.24. The predicted octanol–water partition coefficient (Wildman–Crippen LogP) is 2.45. The zero-order valence-corrected chi connectivity index (χ0v) is 11.8. The lowest BCUT2D eigenvalue weighted by Gasteiger charge is -2.21. The Bertz CT molecular complexity index is 445. The van der Waals surface area contributed by atoms with Crippen LogP contribution in [0.4, 0.5) is 5.69 Å². The number of nitrogens with two attached hydrogens (primary N) is 1. The van der Waals surface area contributed by atoms with E-state index in [1.54, 1.807) is 12.3 Å². The van der Waals surface area contributed by atoms with Crippen molar-refractivity contribution in [2.45, 2.75) is 39.7 Å². The minimum atomic E-state index is 0.243. The van der Waals surface area contributed by atoms with Gasteiger partial charge < -0.3 is 10.6 Å². The number of amides is 1. The Morgan fingerprint density at radius 3 is 2.95 bits per heavy atom. The lowest BCUT2D eigenvalue weighted by Crippen LogP contribution is -2.30. The third kappa shape index (κ3) is 3.69. The van der Waals surface area contributed by atoms with Crippen molar-refractivity contribution in [2.24, 2.45) is 11.8 Å². The highest BCUT2D eigenvalue weighted by molar-refractivity contribution is 5.76. The fourth-order valence-corrected chi connectivity index (χ4v) is 2.67. The van der Waals surface area contributed by atoms with E-state index in [0.717, 1.165) is 25.1 Å². The first-order valence-electron chi connectivity index (χ1n) is 7.04. The van der Waals surface area contributed by atoms with Crippen LogP contribution in [0.3, 0.4) is 0 Å². The van der Waals surface area contributed by atoms with Crippen LogP contribution in [-0.2, 0) is 11.3 Å². The molecule has 1 atom stereocenters. The van der Waals surface area contributed by atoms with Gasteiger partial charge in [-0.15, -0.1) is 0 Å². The first-order valence-corrected chi connectivity index (χ1v) is 7.04. The average molecular weight is 261 g/mol. The van der Waals surface area contributed by atoms with Gasteiger partial charge in [0.2, 0.25) is 5.91 Å². The van der Waals surface area contributed by atoms with E-state index in [9.17, 15) is 4.79 Å². The van der Waals surface area contributed by atoms with Crippen LogP contribution < -0.4 is 5.73 Å². The third-order valence-corrected chi connectivity index (χ3v) is 3.99. The number of likely N-dealkylation sites (tertiary alicyclic amines) is 1. The first-order chi connectivity index (χ1) is 9.06. The van der Waals surface area contributed by atoms with Gasteiger partial charge in [-0.25, -0.2) is 0 Å². The number of hydrogen-bond donors (Lipinski definition) is 1. The summed E-state index contributed by atoms with van der Waals surface area (Å²) in [5.74, 6) is 1.55. The molecule has 4 nitrogen and oxygen atoms in total. The van der Waals surface area contributed by atoms with Crippen LogP contribution >= 0.6 is 0 Å². The van der Waals surface area contributed by atoms with Crippen molar-refractivity contribution in [1.29, 1.82) is 0 Å². The maximum atomic E-state index is 12.1. The van der Waals surface area contributed by atoms with Crippen LogP contribution in [0.5, 0.6) is 0 Å². The van der Waals surface area contributed by atoms with E-state index >= 15 is 0 Å². The molecule has 19 heavy (non-hydrogen) atoms. The van der Waals surface area contributed by atoms with Gasteiger partial charge in [0.05, 0.1) is 12.2 Å². The molecule has 1 aliphatic heterocycles. The van der Waals surface area contributed by atoms with Gasteiger partial charge in [0, 0.05) is 24.8 Å². The summed E-state index contributed by atoms with van der Waals surface area (Å²) in [7, 11) is 0. The van der Waals surface area contributed by atoms with Crippen molar-refractivity contribution in [2.75, 3.05) is 12.3 Å². The number of carbonyl (C=O) groups is 1. The quantitative estimate of drug-likeness (QED) is 0.909. The van der Waals surface area contributed by atoms with Crippen molar-refractivity contribution in [1.82, 2.24) is 9.88 Å². The molecule has 1 fully saturated rings. The summed E-state index contributed by atoms with van der Waals surface area (Å²) in [6.45, 7) is 5.89. The second kappa shape index (κ2) is 6.04. The highest BCUT2D eigenvalue weighted by atomic mass is 16.2. The van der Waals surface area contributed by atoms with Crippen LogP contribution in [0.25, 0.3) is 0 Å². The number of rotatable bonds is 3. The molecule has 2 heterocycles. The van der Waals surface area contributed by atoms with E-state index < -0.39 is 0 Å². The number of pyridine rings is 1. The maximum Gasteiger partial charge on any atom is 0.222 e. The summed E-state index contributed by atoms with van der Waals surface area (Å²) < 4.78 is 0. The fourth-order valence-electron chi connectivity index (χ4n) is 2.67. The fraction of sp³-hybridized carbons (Fsp3) is 0.600. The monoisotopic (exact) mass is 261 g/mol. The molecule has 2 rings (SSSR count). The van der Waals surface area contributed by atoms with Crippen molar-refractivity contribution in [3.63, 3.8) is 0 Å². The molecule has 2 N–H and O–H groups in total. The SMILES string of the molecule is CC(C)C1CCC(=O)N(Cc2cc(N)ccn2)CC1. The molecular formula is C15H23N3O. The summed E-state index contributed by atoms with van der Waals surface area (Å²) in [5.41, 5.74) is 7.32. The highest BCUT2D eigenvalue weighted by Crippen LogP contribution is 2.25. The first kappa shape index (κ1) is 13.8. The molecule has 1 aromatic heterocycles. The summed E-state index contributed by atoms with van der Waals surface area (Å²) in [5, 5.41) is 0. The van der Waals surface area contributed by atoms with E-state index in [4.69, 9.17) is 5.73 Å². The van der Waals surface area contributed by atoms with Gasteiger partial charge in [0.1, 0.15) is 0 Å². The number of anilines is 1. The number of nitrogens with zero attached hydrogens (tertiary/aromatic N) is 2. The van der Waals surface area contributed by atoms with Crippen LogP contribution in [-0.4, -0.2) is 22.3 Å². The maximum absolute atomic E-state index is 12.1. The molecule has 0 bridgehead atoms. The van der Waals surface area contributed by atoms with Gasteiger partial charge in [0.25, 0.3) is 0 Å². The lowest BCUT2D eigenvalue weighted by molar-refractivity contribution is -0.131. The van der Waals surface area contributed by atoms with Crippen LogP contribution in [0, 0.1) is 11.8 Å². The number of nitrogen functional groups attached to an aromatic ring is 1. The van der Waals surface area contributed by atoms with E-state index in [2.05, 4.69) is 18.8 Å². The number of aromatic nitrogens is 1.